The number of para-hydroxylation sites is 1. The first kappa shape index (κ1) is 21.0. The molecule has 0 amide bonds. The van der Waals surface area contributed by atoms with Crippen LogP contribution >= 0.6 is 0 Å². The van der Waals surface area contributed by atoms with Gasteiger partial charge in [0.05, 0.1) is 29.4 Å². The largest absolute Gasteiger partial charge is 0.488 e. The van der Waals surface area contributed by atoms with Crippen LogP contribution in [0.15, 0.2) is 51.6 Å². The van der Waals surface area contributed by atoms with Gasteiger partial charge in [0.1, 0.15) is 35.5 Å². The van der Waals surface area contributed by atoms with Crippen molar-refractivity contribution in [3.05, 3.63) is 69.6 Å². The highest BCUT2D eigenvalue weighted by Gasteiger charge is 2.37. The molecule has 1 atom stereocenters. The van der Waals surface area contributed by atoms with E-state index in [-0.39, 0.29) is 36.0 Å². The zero-order chi connectivity index (χ0) is 21.8. The van der Waals surface area contributed by atoms with E-state index in [0.717, 1.165) is 11.3 Å². The van der Waals surface area contributed by atoms with E-state index in [4.69, 9.17) is 24.5 Å². The van der Waals surface area contributed by atoms with Gasteiger partial charge in [-0.1, -0.05) is 23.4 Å². The lowest BCUT2D eigenvalue weighted by Gasteiger charge is -2.28. The van der Waals surface area contributed by atoms with Gasteiger partial charge in [0.25, 0.3) is 0 Å². The van der Waals surface area contributed by atoms with E-state index >= 15 is 0 Å². The molecule has 2 N–H and O–H groups in total. The summed E-state index contributed by atoms with van der Waals surface area (Å²) >= 11 is 0. The lowest BCUT2D eigenvalue weighted by molar-refractivity contribution is -0.139. The van der Waals surface area contributed by atoms with E-state index in [1.807, 2.05) is 19.9 Å². The minimum atomic E-state index is -0.774. The third-order valence-corrected chi connectivity index (χ3v) is 4.88. The highest BCUT2D eigenvalue weighted by molar-refractivity contribution is 5.92. The molecule has 0 fully saturated rings. The second-order valence-corrected chi connectivity index (χ2v) is 6.74. The molecule has 1 aromatic carbocycles. The van der Waals surface area contributed by atoms with E-state index in [2.05, 4.69) is 11.2 Å². The Morgan fingerprint density at radius 2 is 2.03 bits per heavy atom. The minimum Gasteiger partial charge on any atom is -0.488 e. The summed E-state index contributed by atoms with van der Waals surface area (Å²) in [5, 5.41) is 13.7. The molecule has 0 saturated carbocycles. The number of allylic oxidation sites excluding steroid dienone is 2. The van der Waals surface area contributed by atoms with Gasteiger partial charge in [-0.25, -0.2) is 4.79 Å². The van der Waals surface area contributed by atoms with Crippen LogP contribution < -0.4 is 10.5 Å². The third-order valence-electron chi connectivity index (χ3n) is 4.88. The van der Waals surface area contributed by atoms with Crippen LogP contribution in [-0.4, -0.2) is 17.7 Å². The fourth-order valence-corrected chi connectivity index (χ4v) is 3.37. The molecular weight excluding hydrogens is 386 g/mol. The molecule has 0 saturated heterocycles. The molecular formula is C22H23N3O5. The first-order chi connectivity index (χ1) is 14.4. The summed E-state index contributed by atoms with van der Waals surface area (Å²) in [4.78, 5) is 12.7. The molecule has 0 bridgehead atoms. The van der Waals surface area contributed by atoms with Crippen LogP contribution in [0.4, 0.5) is 0 Å². The Labute approximate surface area is 174 Å². The molecule has 1 aliphatic rings. The molecule has 8 heteroatoms. The average Bonchev–Trinajstić information content (AvgIpc) is 3.03. The first-order valence-corrected chi connectivity index (χ1v) is 9.47. The van der Waals surface area contributed by atoms with E-state index in [1.54, 1.807) is 32.0 Å². The lowest BCUT2D eigenvalue weighted by Crippen LogP contribution is -2.26. The van der Waals surface area contributed by atoms with Gasteiger partial charge in [0, 0.05) is 5.56 Å². The second kappa shape index (κ2) is 8.74. The highest BCUT2D eigenvalue weighted by Crippen LogP contribution is 2.43. The van der Waals surface area contributed by atoms with Crippen molar-refractivity contribution in [2.75, 3.05) is 6.61 Å². The van der Waals surface area contributed by atoms with Crippen LogP contribution in [0.2, 0.25) is 0 Å². The van der Waals surface area contributed by atoms with Crippen LogP contribution in [-0.2, 0) is 20.9 Å². The Balaban J connectivity index is 2.06. The molecule has 30 heavy (non-hydrogen) atoms. The number of benzene rings is 1. The predicted molar refractivity (Wildman–Crippen MR) is 107 cm³/mol. The van der Waals surface area contributed by atoms with E-state index < -0.39 is 11.9 Å². The van der Waals surface area contributed by atoms with Crippen molar-refractivity contribution in [3.8, 4) is 11.8 Å². The van der Waals surface area contributed by atoms with Gasteiger partial charge in [-0.15, -0.1) is 0 Å². The number of nitrogens with zero attached hydrogens (tertiary/aromatic N) is 2. The lowest BCUT2D eigenvalue weighted by atomic mass is 9.82. The number of carbonyl (C=O) groups excluding carboxylic acids is 1. The van der Waals surface area contributed by atoms with Crippen LogP contribution in [0.25, 0.3) is 0 Å². The Bertz CT molecular complexity index is 1060. The minimum absolute atomic E-state index is 0.0476. The van der Waals surface area contributed by atoms with Gasteiger partial charge in [0.15, 0.2) is 0 Å². The number of carbonyl (C=O) groups is 1. The van der Waals surface area contributed by atoms with E-state index in [1.165, 1.54) is 0 Å². The second-order valence-electron chi connectivity index (χ2n) is 6.74. The van der Waals surface area contributed by atoms with Crippen LogP contribution in [0.1, 0.15) is 42.3 Å². The maximum atomic E-state index is 12.7. The summed E-state index contributed by atoms with van der Waals surface area (Å²) in [5.74, 6) is 0.0638. The Morgan fingerprint density at radius 1 is 1.30 bits per heavy atom. The molecule has 0 radical (unpaired) electrons. The number of aromatic nitrogens is 1. The zero-order valence-corrected chi connectivity index (χ0v) is 17.3. The van der Waals surface area contributed by atoms with Crippen molar-refractivity contribution in [2.45, 2.75) is 40.2 Å². The van der Waals surface area contributed by atoms with E-state index in [9.17, 15) is 10.1 Å². The van der Waals surface area contributed by atoms with Crippen molar-refractivity contribution in [1.29, 1.82) is 5.26 Å². The van der Waals surface area contributed by atoms with Gasteiger partial charge in [0.2, 0.25) is 5.88 Å². The van der Waals surface area contributed by atoms with Crippen LogP contribution in [0.3, 0.4) is 0 Å². The summed E-state index contributed by atoms with van der Waals surface area (Å²) in [6.07, 6.45) is 0. The Hall–Kier alpha value is -3.73. The number of hydrogen-bond donors (Lipinski definition) is 1. The van der Waals surface area contributed by atoms with Crippen molar-refractivity contribution in [3.63, 3.8) is 0 Å². The molecule has 0 spiro atoms. The fourth-order valence-electron chi connectivity index (χ4n) is 3.37. The molecule has 2 heterocycles. The molecule has 3 rings (SSSR count). The molecule has 1 aromatic heterocycles. The summed E-state index contributed by atoms with van der Waals surface area (Å²) in [6.45, 7) is 7.39. The number of nitrogens with two attached hydrogens (primary N) is 1. The maximum Gasteiger partial charge on any atom is 0.338 e. The SMILES string of the molecule is CCOC(=O)C1=C(C)OC(N)=C(C#N)C1c1ccccc1OCc1c(C)noc1C. The smallest absolute Gasteiger partial charge is 0.338 e. The monoisotopic (exact) mass is 409 g/mol. The number of ether oxygens (including phenoxy) is 3. The molecule has 156 valence electrons. The van der Waals surface area contributed by atoms with Crippen LogP contribution in [0, 0.1) is 25.2 Å². The number of aryl methyl sites for hydroxylation is 2. The van der Waals surface area contributed by atoms with Crippen molar-refractivity contribution in [1.82, 2.24) is 5.16 Å². The maximum absolute atomic E-state index is 12.7. The number of hydrogen-bond acceptors (Lipinski definition) is 8. The Kier molecular flexibility index (Phi) is 6.11. The molecule has 8 nitrogen and oxygen atoms in total. The Morgan fingerprint density at radius 3 is 2.67 bits per heavy atom. The first-order valence-electron chi connectivity index (χ1n) is 9.47. The van der Waals surface area contributed by atoms with Crippen molar-refractivity contribution >= 4 is 5.97 Å². The van der Waals surface area contributed by atoms with Gasteiger partial charge in [-0.2, -0.15) is 5.26 Å². The number of esters is 1. The van der Waals surface area contributed by atoms with Crippen molar-refractivity contribution in [2.24, 2.45) is 5.73 Å². The quantitative estimate of drug-likeness (QED) is 0.720. The summed E-state index contributed by atoms with van der Waals surface area (Å²) < 4.78 is 21.9. The van der Waals surface area contributed by atoms with Crippen molar-refractivity contribution < 1.29 is 23.5 Å². The topological polar surface area (TPSA) is 121 Å². The van der Waals surface area contributed by atoms with Crippen LogP contribution in [0.5, 0.6) is 5.75 Å². The van der Waals surface area contributed by atoms with Gasteiger partial charge in [-0.05, 0) is 33.8 Å². The number of nitriles is 1. The molecule has 1 aliphatic heterocycles. The highest BCUT2D eigenvalue weighted by atomic mass is 16.5. The molecule has 0 aliphatic carbocycles. The fraction of sp³-hybridized carbons (Fsp3) is 0.318. The summed E-state index contributed by atoms with van der Waals surface area (Å²) in [5.41, 5.74) is 8.49. The normalized spacial score (nSPS) is 16.2. The average molecular weight is 409 g/mol. The molecule has 2 aromatic rings. The molecule has 1 unspecified atom stereocenters. The summed E-state index contributed by atoms with van der Waals surface area (Å²) in [6, 6.07) is 9.24. The summed E-state index contributed by atoms with van der Waals surface area (Å²) in [7, 11) is 0. The third kappa shape index (κ3) is 3.87. The zero-order valence-electron chi connectivity index (χ0n) is 17.3. The predicted octanol–water partition coefficient (Wildman–Crippen LogP) is 3.52. The van der Waals surface area contributed by atoms with Gasteiger partial charge in [-0.3, -0.25) is 0 Å². The van der Waals surface area contributed by atoms with Gasteiger partial charge >= 0.3 is 5.97 Å². The van der Waals surface area contributed by atoms with Gasteiger partial charge < -0.3 is 24.5 Å². The standard InChI is InChI=1S/C22H23N3O5/c1-5-27-22(26)19-14(4)29-21(24)16(10-23)20(19)15-8-6-7-9-18(15)28-11-17-12(2)25-30-13(17)3/h6-9,20H,5,11,24H2,1-4H3. The van der Waals surface area contributed by atoms with E-state index in [0.29, 0.717) is 17.1 Å². The number of rotatable bonds is 6.